The van der Waals surface area contributed by atoms with Crippen LogP contribution in [0.15, 0.2) is 41.1 Å². The number of thiophene rings is 1. The molecule has 0 unspecified atom stereocenters. The van der Waals surface area contributed by atoms with E-state index in [0.29, 0.717) is 11.7 Å². The monoisotopic (exact) mass is 469 g/mol. The number of benzene rings is 1. The lowest BCUT2D eigenvalue weighted by Crippen LogP contribution is -2.48. The van der Waals surface area contributed by atoms with Crippen LogP contribution in [0.4, 0.5) is 5.13 Å². The van der Waals surface area contributed by atoms with Gasteiger partial charge in [0.15, 0.2) is 5.13 Å². The summed E-state index contributed by atoms with van der Waals surface area (Å²) in [6.45, 7) is 7.01. The number of hydrogen-bond donors (Lipinski definition) is 1. The van der Waals surface area contributed by atoms with E-state index in [9.17, 15) is 4.79 Å². The van der Waals surface area contributed by atoms with Crippen molar-refractivity contribution in [2.24, 2.45) is 0 Å². The first-order valence-corrected chi connectivity index (χ1v) is 12.8. The number of carbonyl (C=O) groups is 1. The molecule has 160 valence electrons. The van der Waals surface area contributed by atoms with Gasteiger partial charge in [-0.1, -0.05) is 23.5 Å². The van der Waals surface area contributed by atoms with Crippen molar-refractivity contribution < 1.29 is 4.79 Å². The molecule has 0 aliphatic carbocycles. The third-order valence-electron chi connectivity index (χ3n) is 5.31. The van der Waals surface area contributed by atoms with Crippen LogP contribution in [0.2, 0.25) is 0 Å². The van der Waals surface area contributed by atoms with Gasteiger partial charge in [-0.3, -0.25) is 14.6 Å². The predicted molar refractivity (Wildman–Crippen MR) is 130 cm³/mol. The quantitative estimate of drug-likeness (QED) is 0.449. The number of nitrogens with one attached hydrogen (secondary N) is 1. The second-order valence-electron chi connectivity index (χ2n) is 7.69. The largest absolute Gasteiger partial charge is 0.301 e. The summed E-state index contributed by atoms with van der Waals surface area (Å²) >= 11 is 4.98. The summed E-state index contributed by atoms with van der Waals surface area (Å²) in [6, 6.07) is 10.3. The van der Waals surface area contributed by atoms with Crippen LogP contribution in [-0.2, 0) is 11.3 Å². The van der Waals surface area contributed by atoms with Crippen molar-refractivity contribution in [3.63, 3.8) is 0 Å². The third kappa shape index (κ3) is 5.02. The van der Waals surface area contributed by atoms with Crippen molar-refractivity contribution in [1.29, 1.82) is 0 Å². The van der Waals surface area contributed by atoms with E-state index < -0.39 is 0 Å². The minimum absolute atomic E-state index is 0.00439. The molecule has 4 aromatic rings. The highest BCUT2D eigenvalue weighted by Gasteiger charge is 2.20. The summed E-state index contributed by atoms with van der Waals surface area (Å²) in [5, 5.41) is 9.03. The molecule has 5 rings (SSSR count). The van der Waals surface area contributed by atoms with Crippen molar-refractivity contribution in [2.45, 2.75) is 13.5 Å². The number of rotatable bonds is 6. The van der Waals surface area contributed by atoms with Crippen LogP contribution in [0.5, 0.6) is 0 Å². The Balaban J connectivity index is 1.10. The van der Waals surface area contributed by atoms with Gasteiger partial charge in [0.05, 0.1) is 33.9 Å². The van der Waals surface area contributed by atoms with Gasteiger partial charge in [-0.25, -0.2) is 9.97 Å². The van der Waals surface area contributed by atoms with Gasteiger partial charge in [-0.05, 0) is 36.1 Å². The van der Waals surface area contributed by atoms with Crippen LogP contribution in [0.3, 0.4) is 0 Å². The number of nitrogens with zero attached hydrogens (tertiary/aromatic N) is 4. The molecule has 1 N–H and O–H groups in total. The van der Waals surface area contributed by atoms with E-state index in [-0.39, 0.29) is 5.91 Å². The molecule has 0 atom stereocenters. The molecule has 0 spiro atoms. The molecule has 9 heteroatoms. The molecule has 1 aliphatic rings. The second kappa shape index (κ2) is 9.13. The van der Waals surface area contributed by atoms with Gasteiger partial charge in [0.25, 0.3) is 0 Å². The van der Waals surface area contributed by atoms with E-state index in [0.717, 1.165) is 53.6 Å². The molecule has 0 saturated carbocycles. The first-order chi connectivity index (χ1) is 15.1. The molecule has 1 aromatic carbocycles. The predicted octanol–water partition coefficient (Wildman–Crippen LogP) is 4.55. The molecule has 0 radical (unpaired) electrons. The zero-order valence-electron chi connectivity index (χ0n) is 17.2. The van der Waals surface area contributed by atoms with Crippen LogP contribution in [0, 0.1) is 6.92 Å². The van der Waals surface area contributed by atoms with E-state index in [4.69, 9.17) is 4.98 Å². The maximum Gasteiger partial charge on any atom is 0.240 e. The topological polar surface area (TPSA) is 61.4 Å². The van der Waals surface area contributed by atoms with Gasteiger partial charge in [0.2, 0.25) is 5.91 Å². The fourth-order valence-corrected chi connectivity index (χ4v) is 6.24. The normalized spacial score (nSPS) is 15.5. The van der Waals surface area contributed by atoms with E-state index in [1.807, 2.05) is 12.1 Å². The van der Waals surface area contributed by atoms with E-state index in [2.05, 4.69) is 56.0 Å². The highest BCUT2D eigenvalue weighted by Crippen LogP contribution is 2.27. The SMILES string of the molecule is Cc1ccc2nc(NC(=O)CN3CCN(Cc4nc(-c5cccs5)cs4)CC3)sc2c1. The summed E-state index contributed by atoms with van der Waals surface area (Å²) in [6.07, 6.45) is 0. The fourth-order valence-electron chi connectivity index (χ4n) is 3.66. The summed E-state index contributed by atoms with van der Waals surface area (Å²) in [7, 11) is 0. The lowest BCUT2D eigenvalue weighted by atomic mass is 10.2. The lowest BCUT2D eigenvalue weighted by Gasteiger charge is -2.33. The maximum absolute atomic E-state index is 12.5. The molecule has 6 nitrogen and oxygen atoms in total. The van der Waals surface area contributed by atoms with Crippen LogP contribution in [0.25, 0.3) is 20.8 Å². The molecular formula is C22H23N5OS3. The average Bonchev–Trinajstić information content (AvgIpc) is 3.49. The number of anilines is 1. The van der Waals surface area contributed by atoms with Crippen LogP contribution in [0.1, 0.15) is 10.6 Å². The van der Waals surface area contributed by atoms with E-state index >= 15 is 0 Å². The Morgan fingerprint density at radius 3 is 2.74 bits per heavy atom. The number of carbonyl (C=O) groups excluding carboxylic acids is 1. The van der Waals surface area contributed by atoms with Gasteiger partial charge in [0, 0.05) is 31.6 Å². The molecule has 3 aromatic heterocycles. The number of hydrogen-bond acceptors (Lipinski definition) is 8. The van der Waals surface area contributed by atoms with Gasteiger partial charge in [0.1, 0.15) is 5.01 Å². The minimum atomic E-state index is 0.00439. The first-order valence-electron chi connectivity index (χ1n) is 10.2. The Labute approximate surface area is 193 Å². The van der Waals surface area contributed by atoms with Gasteiger partial charge in [-0.15, -0.1) is 22.7 Å². The highest BCUT2D eigenvalue weighted by atomic mass is 32.1. The standard InChI is InChI=1S/C22H23N5OS3/c1-15-4-5-16-19(11-15)31-22(24-16)25-20(28)12-26-6-8-27(9-7-26)13-21-23-17(14-30-21)18-3-2-10-29-18/h2-5,10-11,14H,6-9,12-13H2,1H3,(H,24,25,28). The third-order valence-corrected chi connectivity index (χ3v) is 7.97. The Morgan fingerprint density at radius 2 is 1.94 bits per heavy atom. The number of fused-ring (bicyclic) bond motifs is 1. The van der Waals surface area contributed by atoms with Crippen molar-refractivity contribution in [1.82, 2.24) is 19.8 Å². The van der Waals surface area contributed by atoms with E-state index in [1.165, 1.54) is 21.8 Å². The van der Waals surface area contributed by atoms with Crippen LogP contribution in [-0.4, -0.2) is 58.4 Å². The summed E-state index contributed by atoms with van der Waals surface area (Å²) in [4.78, 5) is 27.7. The molecule has 1 amide bonds. The molecule has 4 heterocycles. The Bertz CT molecular complexity index is 1180. The van der Waals surface area contributed by atoms with Crippen molar-refractivity contribution in [3.05, 3.63) is 51.7 Å². The second-order valence-corrected chi connectivity index (χ2v) is 10.6. The summed E-state index contributed by atoms with van der Waals surface area (Å²) in [5.74, 6) is 0.00439. The van der Waals surface area contributed by atoms with Gasteiger partial charge in [-0.2, -0.15) is 0 Å². The van der Waals surface area contributed by atoms with Crippen molar-refractivity contribution in [2.75, 3.05) is 38.0 Å². The summed E-state index contributed by atoms with van der Waals surface area (Å²) < 4.78 is 1.10. The maximum atomic E-state index is 12.5. The molecular weight excluding hydrogens is 446 g/mol. The number of aromatic nitrogens is 2. The Hall–Kier alpha value is -2.17. The molecule has 1 fully saturated rings. The number of thiazole rings is 2. The zero-order valence-corrected chi connectivity index (χ0v) is 19.7. The smallest absolute Gasteiger partial charge is 0.240 e. The lowest BCUT2D eigenvalue weighted by molar-refractivity contribution is -0.117. The van der Waals surface area contributed by atoms with Crippen LogP contribution >= 0.6 is 34.0 Å². The number of piperazine rings is 1. The summed E-state index contributed by atoms with van der Waals surface area (Å²) in [5.41, 5.74) is 3.21. The highest BCUT2D eigenvalue weighted by molar-refractivity contribution is 7.22. The van der Waals surface area contributed by atoms with Crippen LogP contribution < -0.4 is 5.32 Å². The fraction of sp³-hybridized carbons (Fsp3) is 0.318. The first kappa shape index (κ1) is 20.7. The minimum Gasteiger partial charge on any atom is -0.301 e. The van der Waals surface area contributed by atoms with Gasteiger partial charge < -0.3 is 5.32 Å². The van der Waals surface area contributed by atoms with E-state index in [1.54, 1.807) is 22.7 Å². The Kier molecular flexibility index (Phi) is 6.10. The molecule has 1 saturated heterocycles. The molecule has 1 aliphatic heterocycles. The Morgan fingerprint density at radius 1 is 1.10 bits per heavy atom. The van der Waals surface area contributed by atoms with Crippen molar-refractivity contribution in [3.8, 4) is 10.6 Å². The van der Waals surface area contributed by atoms with Gasteiger partial charge >= 0.3 is 0 Å². The zero-order chi connectivity index (χ0) is 21.2. The number of aryl methyl sites for hydroxylation is 1. The molecule has 0 bridgehead atoms. The van der Waals surface area contributed by atoms with Crippen molar-refractivity contribution >= 4 is 55.3 Å². The molecule has 31 heavy (non-hydrogen) atoms. The average molecular weight is 470 g/mol. The number of amides is 1.